The highest BCUT2D eigenvalue weighted by Crippen LogP contribution is 2.21. The number of carbonyl (C=O) groups is 3. The number of ketones is 1. The number of rotatable bonds is 6. The van der Waals surface area contributed by atoms with Gasteiger partial charge in [-0.25, -0.2) is 9.59 Å². The van der Waals surface area contributed by atoms with Gasteiger partial charge in [-0.2, -0.15) is 0 Å². The molecule has 2 aromatic rings. The quantitative estimate of drug-likeness (QED) is 0.625. The maximum Gasteiger partial charge on any atom is 0.355 e. The SMILES string of the molecule is CCOC(=O)c1c(C)[nH]c(C(=O)C(C)OC(=O)c2ccc[nH]2)c1C. The second-order valence-electron chi connectivity index (χ2n) is 5.34. The van der Waals surface area contributed by atoms with Gasteiger partial charge in [0.2, 0.25) is 5.78 Å². The molecule has 7 heteroatoms. The number of carbonyl (C=O) groups excluding carboxylic acids is 3. The number of aryl methyl sites for hydroxylation is 1. The van der Waals surface area contributed by atoms with Gasteiger partial charge in [0.15, 0.2) is 6.10 Å². The van der Waals surface area contributed by atoms with E-state index in [1.807, 2.05) is 0 Å². The predicted molar refractivity (Wildman–Crippen MR) is 86.2 cm³/mol. The molecule has 2 rings (SSSR count). The maximum atomic E-state index is 12.5. The Hall–Kier alpha value is -2.83. The number of nitrogens with one attached hydrogen (secondary N) is 2. The van der Waals surface area contributed by atoms with E-state index in [-0.39, 0.29) is 18.0 Å². The minimum atomic E-state index is -0.993. The molecule has 2 N–H and O–H groups in total. The van der Waals surface area contributed by atoms with E-state index in [1.165, 1.54) is 6.92 Å². The van der Waals surface area contributed by atoms with Crippen LogP contribution >= 0.6 is 0 Å². The third kappa shape index (κ3) is 3.40. The van der Waals surface area contributed by atoms with Crippen LogP contribution in [-0.4, -0.2) is 40.4 Å². The Kier molecular flexibility index (Phi) is 5.23. The molecule has 0 spiro atoms. The van der Waals surface area contributed by atoms with Gasteiger partial charge >= 0.3 is 11.9 Å². The fourth-order valence-corrected chi connectivity index (χ4v) is 2.44. The lowest BCUT2D eigenvalue weighted by Gasteiger charge is -2.11. The monoisotopic (exact) mass is 332 g/mol. The number of aromatic nitrogens is 2. The van der Waals surface area contributed by atoms with Crippen molar-refractivity contribution in [3.05, 3.63) is 46.5 Å². The zero-order chi connectivity index (χ0) is 17.9. The predicted octanol–water partition coefficient (Wildman–Crippen LogP) is 2.56. The first-order chi connectivity index (χ1) is 11.4. The molecule has 0 bridgehead atoms. The van der Waals surface area contributed by atoms with Crippen molar-refractivity contribution in [3.8, 4) is 0 Å². The Balaban J connectivity index is 2.19. The van der Waals surface area contributed by atoms with Crippen molar-refractivity contribution in [2.75, 3.05) is 6.61 Å². The lowest BCUT2D eigenvalue weighted by Crippen LogP contribution is -2.25. The van der Waals surface area contributed by atoms with Crippen LogP contribution in [0.4, 0.5) is 0 Å². The Labute approximate surface area is 139 Å². The molecule has 128 valence electrons. The normalized spacial score (nSPS) is 11.8. The number of H-pyrrole nitrogens is 2. The highest BCUT2D eigenvalue weighted by atomic mass is 16.5. The Morgan fingerprint density at radius 1 is 1.21 bits per heavy atom. The lowest BCUT2D eigenvalue weighted by atomic mass is 10.1. The van der Waals surface area contributed by atoms with E-state index in [4.69, 9.17) is 9.47 Å². The number of hydrogen-bond acceptors (Lipinski definition) is 5. The summed E-state index contributed by atoms with van der Waals surface area (Å²) in [5.41, 5.74) is 1.86. The second kappa shape index (κ2) is 7.16. The molecule has 0 aliphatic heterocycles. The third-order valence-corrected chi connectivity index (χ3v) is 3.63. The largest absolute Gasteiger partial charge is 0.462 e. The van der Waals surface area contributed by atoms with Crippen LogP contribution in [0.1, 0.15) is 56.4 Å². The molecule has 0 aliphatic rings. The summed E-state index contributed by atoms with van der Waals surface area (Å²) in [5, 5.41) is 0. The molecule has 0 radical (unpaired) electrons. The van der Waals surface area contributed by atoms with Gasteiger partial charge in [0.25, 0.3) is 0 Å². The minimum absolute atomic E-state index is 0.238. The first-order valence-corrected chi connectivity index (χ1v) is 7.61. The van der Waals surface area contributed by atoms with Crippen LogP contribution in [0.3, 0.4) is 0 Å². The van der Waals surface area contributed by atoms with Gasteiger partial charge < -0.3 is 19.4 Å². The molecule has 0 fully saturated rings. The molecule has 0 saturated carbocycles. The molecule has 0 saturated heterocycles. The molecule has 0 aromatic carbocycles. The van der Waals surface area contributed by atoms with Crippen molar-refractivity contribution in [3.63, 3.8) is 0 Å². The van der Waals surface area contributed by atoms with Crippen LogP contribution in [0.25, 0.3) is 0 Å². The smallest absolute Gasteiger partial charge is 0.355 e. The van der Waals surface area contributed by atoms with E-state index >= 15 is 0 Å². The van der Waals surface area contributed by atoms with E-state index < -0.39 is 23.8 Å². The van der Waals surface area contributed by atoms with Crippen molar-refractivity contribution in [1.29, 1.82) is 0 Å². The Morgan fingerprint density at radius 2 is 1.92 bits per heavy atom. The van der Waals surface area contributed by atoms with Gasteiger partial charge in [-0.05, 0) is 45.4 Å². The second-order valence-corrected chi connectivity index (χ2v) is 5.34. The molecule has 1 unspecified atom stereocenters. The molecule has 2 heterocycles. The summed E-state index contributed by atoms with van der Waals surface area (Å²) in [6, 6.07) is 3.22. The Bertz CT molecular complexity index is 758. The highest BCUT2D eigenvalue weighted by molar-refractivity contribution is 6.04. The zero-order valence-electron chi connectivity index (χ0n) is 14.1. The van der Waals surface area contributed by atoms with Crippen LogP contribution in [-0.2, 0) is 9.47 Å². The number of hydrogen-bond donors (Lipinski definition) is 2. The van der Waals surface area contributed by atoms with E-state index in [0.717, 1.165) is 0 Å². The van der Waals surface area contributed by atoms with Crippen LogP contribution in [0, 0.1) is 13.8 Å². The topological polar surface area (TPSA) is 101 Å². The number of Topliss-reactive ketones (excluding diaryl/α,β-unsaturated/α-hetero) is 1. The number of aromatic amines is 2. The lowest BCUT2D eigenvalue weighted by molar-refractivity contribution is 0.0311. The Morgan fingerprint density at radius 3 is 2.50 bits per heavy atom. The van der Waals surface area contributed by atoms with Crippen LogP contribution in [0.2, 0.25) is 0 Å². The zero-order valence-corrected chi connectivity index (χ0v) is 14.1. The fraction of sp³-hybridized carbons (Fsp3) is 0.353. The van der Waals surface area contributed by atoms with Crippen molar-refractivity contribution in [1.82, 2.24) is 9.97 Å². The van der Waals surface area contributed by atoms with Gasteiger partial charge in [-0.1, -0.05) is 0 Å². The van der Waals surface area contributed by atoms with E-state index in [0.29, 0.717) is 16.8 Å². The number of esters is 2. The van der Waals surface area contributed by atoms with Crippen LogP contribution in [0.15, 0.2) is 18.3 Å². The highest BCUT2D eigenvalue weighted by Gasteiger charge is 2.27. The van der Waals surface area contributed by atoms with Gasteiger partial charge in [-0.3, -0.25) is 4.79 Å². The summed E-state index contributed by atoms with van der Waals surface area (Å²) in [6.45, 7) is 6.79. The first-order valence-electron chi connectivity index (χ1n) is 7.61. The van der Waals surface area contributed by atoms with E-state index in [1.54, 1.807) is 39.1 Å². The maximum absolute atomic E-state index is 12.5. The summed E-state index contributed by atoms with van der Waals surface area (Å²) < 4.78 is 10.2. The van der Waals surface area contributed by atoms with Crippen LogP contribution in [0.5, 0.6) is 0 Å². The summed E-state index contributed by atoms with van der Waals surface area (Å²) in [6.07, 6.45) is 0.597. The molecule has 0 amide bonds. The van der Waals surface area contributed by atoms with Crippen molar-refractivity contribution in [2.45, 2.75) is 33.8 Å². The van der Waals surface area contributed by atoms with Gasteiger partial charge in [0, 0.05) is 11.9 Å². The van der Waals surface area contributed by atoms with E-state index in [2.05, 4.69) is 9.97 Å². The summed E-state index contributed by atoms with van der Waals surface area (Å²) in [5.74, 6) is -1.52. The molecular weight excluding hydrogens is 312 g/mol. The van der Waals surface area contributed by atoms with Crippen molar-refractivity contribution >= 4 is 17.7 Å². The third-order valence-electron chi connectivity index (χ3n) is 3.63. The van der Waals surface area contributed by atoms with Gasteiger partial charge in [-0.15, -0.1) is 0 Å². The summed E-state index contributed by atoms with van der Waals surface area (Å²) in [4.78, 5) is 42.1. The fourth-order valence-electron chi connectivity index (χ4n) is 2.44. The van der Waals surface area contributed by atoms with Crippen LogP contribution < -0.4 is 0 Å². The first kappa shape index (κ1) is 17.5. The average Bonchev–Trinajstić information content (AvgIpc) is 3.15. The molecule has 2 aromatic heterocycles. The standard InChI is InChI=1S/C17H20N2O5/c1-5-23-17(22)13-9(2)14(19-10(13)3)15(20)11(4)24-16(21)12-7-6-8-18-12/h6-8,11,18-19H,5H2,1-4H3. The summed E-state index contributed by atoms with van der Waals surface area (Å²) >= 11 is 0. The van der Waals surface area contributed by atoms with Crippen molar-refractivity contribution < 1.29 is 23.9 Å². The summed E-state index contributed by atoms with van der Waals surface area (Å²) in [7, 11) is 0. The molecular formula is C17H20N2O5. The molecule has 7 nitrogen and oxygen atoms in total. The van der Waals surface area contributed by atoms with Gasteiger partial charge in [0.1, 0.15) is 5.69 Å². The number of ether oxygens (including phenoxy) is 2. The van der Waals surface area contributed by atoms with E-state index in [9.17, 15) is 14.4 Å². The minimum Gasteiger partial charge on any atom is -0.462 e. The molecule has 24 heavy (non-hydrogen) atoms. The van der Waals surface area contributed by atoms with Gasteiger partial charge in [0.05, 0.1) is 17.9 Å². The van der Waals surface area contributed by atoms with Crippen molar-refractivity contribution in [2.24, 2.45) is 0 Å². The average molecular weight is 332 g/mol. The molecule has 1 atom stereocenters. The molecule has 0 aliphatic carbocycles.